The fourth-order valence-electron chi connectivity index (χ4n) is 1.58. The number of nitrogens with one attached hydrogen (secondary N) is 1. The Bertz CT molecular complexity index is 286. The third kappa shape index (κ3) is 4.31. The molecule has 0 aromatic heterocycles. The number of rotatable bonds is 5. The minimum atomic E-state index is -1.63. The fraction of sp³-hybridized carbons (Fsp3) is 0.917. The van der Waals surface area contributed by atoms with Crippen LogP contribution in [0.1, 0.15) is 33.6 Å². The Balaban J connectivity index is 2.20. The minimum Gasteiger partial charge on any atom is -0.465 e. The minimum absolute atomic E-state index is 0.163. The van der Waals surface area contributed by atoms with Crippen molar-refractivity contribution in [3.05, 3.63) is 0 Å². The molecule has 2 unspecified atom stereocenters. The van der Waals surface area contributed by atoms with Crippen molar-refractivity contribution in [2.24, 2.45) is 5.92 Å². The van der Waals surface area contributed by atoms with E-state index in [2.05, 4.69) is 39.2 Å². The molecule has 1 aliphatic carbocycles. The second-order valence-corrected chi connectivity index (χ2v) is 11.3. The first-order valence-electron chi connectivity index (χ1n) is 6.27. The Labute approximate surface area is 105 Å². The SMILES string of the molecule is CC(C)(C)[Si](C)(C)OCCC1CC1NC(=O)O. The molecule has 0 spiro atoms. The van der Waals surface area contributed by atoms with Crippen LogP contribution in [0.15, 0.2) is 0 Å². The molecule has 0 heterocycles. The second kappa shape index (κ2) is 4.98. The average molecular weight is 259 g/mol. The van der Waals surface area contributed by atoms with Gasteiger partial charge in [0.2, 0.25) is 0 Å². The molecule has 0 saturated heterocycles. The van der Waals surface area contributed by atoms with Crippen molar-refractivity contribution in [2.45, 2.75) is 57.8 Å². The Morgan fingerprint density at radius 1 is 1.47 bits per heavy atom. The summed E-state index contributed by atoms with van der Waals surface area (Å²) in [6.45, 7) is 11.9. The summed E-state index contributed by atoms with van der Waals surface area (Å²) in [7, 11) is -1.63. The van der Waals surface area contributed by atoms with E-state index in [1.54, 1.807) is 0 Å². The number of hydrogen-bond acceptors (Lipinski definition) is 2. The highest BCUT2D eigenvalue weighted by molar-refractivity contribution is 6.74. The van der Waals surface area contributed by atoms with E-state index in [1.807, 2.05) is 0 Å². The van der Waals surface area contributed by atoms with Crippen molar-refractivity contribution in [3.8, 4) is 0 Å². The monoisotopic (exact) mass is 259 g/mol. The lowest BCUT2D eigenvalue weighted by Crippen LogP contribution is -2.41. The largest absolute Gasteiger partial charge is 0.465 e. The van der Waals surface area contributed by atoms with E-state index in [-0.39, 0.29) is 11.1 Å². The van der Waals surface area contributed by atoms with E-state index in [9.17, 15) is 4.79 Å². The maximum absolute atomic E-state index is 10.4. The number of amides is 1. The molecule has 1 aliphatic rings. The van der Waals surface area contributed by atoms with Crippen molar-refractivity contribution in [1.82, 2.24) is 5.32 Å². The molecule has 1 amide bonds. The van der Waals surface area contributed by atoms with Crippen LogP contribution in [0.25, 0.3) is 0 Å². The van der Waals surface area contributed by atoms with Gasteiger partial charge in [0.15, 0.2) is 8.32 Å². The van der Waals surface area contributed by atoms with E-state index < -0.39 is 14.4 Å². The van der Waals surface area contributed by atoms with E-state index >= 15 is 0 Å². The maximum atomic E-state index is 10.4. The van der Waals surface area contributed by atoms with Gasteiger partial charge in [0.05, 0.1) is 0 Å². The lowest BCUT2D eigenvalue weighted by molar-refractivity contribution is 0.192. The molecule has 100 valence electrons. The Morgan fingerprint density at radius 2 is 2.06 bits per heavy atom. The topological polar surface area (TPSA) is 58.6 Å². The van der Waals surface area contributed by atoms with Crippen molar-refractivity contribution >= 4 is 14.4 Å². The van der Waals surface area contributed by atoms with Gasteiger partial charge in [-0.25, -0.2) is 4.79 Å². The molecular weight excluding hydrogens is 234 g/mol. The van der Waals surface area contributed by atoms with E-state index in [0.29, 0.717) is 5.92 Å². The zero-order chi connectivity index (χ0) is 13.3. The Morgan fingerprint density at radius 3 is 2.53 bits per heavy atom. The summed E-state index contributed by atoms with van der Waals surface area (Å²) in [5.74, 6) is 0.482. The molecule has 1 rings (SSSR count). The van der Waals surface area contributed by atoms with Gasteiger partial charge in [-0.2, -0.15) is 0 Å². The predicted octanol–water partition coefficient (Wildman–Crippen LogP) is 3.05. The first-order valence-corrected chi connectivity index (χ1v) is 9.18. The van der Waals surface area contributed by atoms with Gasteiger partial charge >= 0.3 is 6.09 Å². The zero-order valence-electron chi connectivity index (χ0n) is 11.5. The lowest BCUT2D eigenvalue weighted by atomic mass is 10.2. The molecule has 4 nitrogen and oxygen atoms in total. The normalized spacial score (nSPS) is 24.5. The van der Waals surface area contributed by atoms with Crippen LogP contribution in [-0.2, 0) is 4.43 Å². The molecule has 1 fully saturated rings. The number of carboxylic acid groups (broad SMARTS) is 1. The lowest BCUT2D eigenvalue weighted by Gasteiger charge is -2.36. The highest BCUT2D eigenvalue weighted by Crippen LogP contribution is 2.38. The molecule has 5 heteroatoms. The molecule has 0 aliphatic heterocycles. The summed E-state index contributed by atoms with van der Waals surface area (Å²) in [4.78, 5) is 10.4. The van der Waals surface area contributed by atoms with Gasteiger partial charge in [-0.15, -0.1) is 0 Å². The third-order valence-electron chi connectivity index (χ3n) is 3.99. The molecule has 1 saturated carbocycles. The smallest absolute Gasteiger partial charge is 0.404 e. The van der Waals surface area contributed by atoms with Crippen LogP contribution >= 0.6 is 0 Å². The van der Waals surface area contributed by atoms with Crippen LogP contribution in [-0.4, -0.2) is 32.2 Å². The molecule has 2 N–H and O–H groups in total. The van der Waals surface area contributed by atoms with Gasteiger partial charge in [-0.1, -0.05) is 20.8 Å². The molecule has 0 bridgehead atoms. The molecule has 0 radical (unpaired) electrons. The third-order valence-corrected chi connectivity index (χ3v) is 8.53. The van der Waals surface area contributed by atoms with Gasteiger partial charge in [-0.05, 0) is 36.9 Å². The van der Waals surface area contributed by atoms with Crippen LogP contribution < -0.4 is 5.32 Å². The van der Waals surface area contributed by atoms with Crippen LogP contribution in [0.5, 0.6) is 0 Å². The molecule has 0 aromatic carbocycles. The van der Waals surface area contributed by atoms with Crippen molar-refractivity contribution in [2.75, 3.05) is 6.61 Å². The Kier molecular flexibility index (Phi) is 4.25. The summed E-state index contributed by atoms with van der Waals surface area (Å²) < 4.78 is 6.06. The highest BCUT2D eigenvalue weighted by Gasteiger charge is 2.40. The molecule has 2 atom stereocenters. The van der Waals surface area contributed by atoms with Gasteiger partial charge < -0.3 is 14.8 Å². The Hall–Kier alpha value is -0.553. The summed E-state index contributed by atoms with van der Waals surface area (Å²) in [5.41, 5.74) is 0. The van der Waals surface area contributed by atoms with Crippen molar-refractivity contribution in [3.63, 3.8) is 0 Å². The van der Waals surface area contributed by atoms with Crippen LogP contribution in [0.2, 0.25) is 18.1 Å². The predicted molar refractivity (Wildman–Crippen MR) is 70.8 cm³/mol. The van der Waals surface area contributed by atoms with Gasteiger partial charge in [0, 0.05) is 12.6 Å². The summed E-state index contributed by atoms with van der Waals surface area (Å²) in [6, 6.07) is 0.163. The summed E-state index contributed by atoms with van der Waals surface area (Å²) >= 11 is 0. The van der Waals surface area contributed by atoms with Crippen LogP contribution in [0, 0.1) is 5.92 Å². The quantitative estimate of drug-likeness (QED) is 0.746. The van der Waals surface area contributed by atoms with Gasteiger partial charge in [-0.3, -0.25) is 0 Å². The second-order valence-electron chi connectivity index (χ2n) is 6.45. The number of carbonyl (C=O) groups is 1. The van der Waals surface area contributed by atoms with E-state index in [4.69, 9.17) is 9.53 Å². The summed E-state index contributed by atoms with van der Waals surface area (Å²) in [6.07, 6.45) is 1.02. The average Bonchev–Trinajstić information content (AvgIpc) is 2.79. The molecule has 0 aromatic rings. The zero-order valence-corrected chi connectivity index (χ0v) is 12.5. The van der Waals surface area contributed by atoms with Crippen LogP contribution in [0.3, 0.4) is 0 Å². The maximum Gasteiger partial charge on any atom is 0.404 e. The first-order chi connectivity index (χ1) is 7.63. The number of hydrogen-bond donors (Lipinski definition) is 2. The fourth-order valence-corrected chi connectivity index (χ4v) is 2.65. The molecule has 17 heavy (non-hydrogen) atoms. The van der Waals surface area contributed by atoms with Gasteiger partial charge in [0.25, 0.3) is 0 Å². The van der Waals surface area contributed by atoms with E-state index in [0.717, 1.165) is 19.4 Å². The highest BCUT2D eigenvalue weighted by atomic mass is 28.4. The first kappa shape index (κ1) is 14.5. The van der Waals surface area contributed by atoms with Crippen molar-refractivity contribution < 1.29 is 14.3 Å². The van der Waals surface area contributed by atoms with E-state index in [1.165, 1.54) is 0 Å². The summed E-state index contributed by atoms with van der Waals surface area (Å²) in [5, 5.41) is 11.3. The molecular formula is C12H25NO3Si. The standard InChI is InChI=1S/C12H25NO3Si/c1-12(2,3)17(4,5)16-7-6-9-8-10(9)13-11(14)15/h9-10,13H,6-8H2,1-5H3,(H,14,15). The van der Waals surface area contributed by atoms with Gasteiger partial charge in [0.1, 0.15) is 0 Å². The van der Waals surface area contributed by atoms with Crippen LogP contribution in [0.4, 0.5) is 4.79 Å². The van der Waals surface area contributed by atoms with Crippen molar-refractivity contribution in [1.29, 1.82) is 0 Å².